The van der Waals surface area contributed by atoms with Crippen LogP contribution in [0.1, 0.15) is 5.56 Å². The van der Waals surface area contributed by atoms with Crippen LogP contribution in [-0.2, 0) is 6.54 Å². The lowest BCUT2D eigenvalue weighted by atomic mass is 10.2. The maximum Gasteiger partial charge on any atom is 0.131 e. The predicted molar refractivity (Wildman–Crippen MR) is 80.1 cm³/mol. The van der Waals surface area contributed by atoms with Crippen molar-refractivity contribution < 1.29 is 0 Å². The van der Waals surface area contributed by atoms with Crippen molar-refractivity contribution >= 4 is 0 Å². The Morgan fingerprint density at radius 3 is 2.29 bits per heavy atom. The van der Waals surface area contributed by atoms with Crippen molar-refractivity contribution in [3.63, 3.8) is 0 Å². The molecule has 0 amide bonds. The third-order valence-corrected chi connectivity index (χ3v) is 2.58. The lowest BCUT2D eigenvalue weighted by molar-refractivity contribution is 0.408. The van der Waals surface area contributed by atoms with E-state index >= 15 is 0 Å². The van der Waals surface area contributed by atoms with Gasteiger partial charge in [-0.15, -0.1) is 6.58 Å². The fourth-order valence-corrected chi connectivity index (χ4v) is 1.69. The summed E-state index contributed by atoms with van der Waals surface area (Å²) in [5, 5.41) is 26.6. The van der Waals surface area contributed by atoms with Crippen LogP contribution in [0.5, 0.6) is 0 Å². The lowest BCUT2D eigenvalue weighted by Crippen LogP contribution is -2.17. The van der Waals surface area contributed by atoms with Gasteiger partial charge in [0, 0.05) is 19.3 Å². The maximum absolute atomic E-state index is 9.11. The molecule has 0 saturated heterocycles. The van der Waals surface area contributed by atoms with E-state index in [1.165, 1.54) is 6.08 Å². The highest BCUT2D eigenvalue weighted by Crippen LogP contribution is 2.09. The Balaban J connectivity index is 3.00. The van der Waals surface area contributed by atoms with Gasteiger partial charge < -0.3 is 4.90 Å². The molecule has 0 atom stereocenters. The van der Waals surface area contributed by atoms with E-state index in [4.69, 9.17) is 15.8 Å². The van der Waals surface area contributed by atoms with E-state index in [0.717, 1.165) is 5.56 Å². The molecule has 0 unspecified atom stereocenters. The minimum atomic E-state index is -0.0962. The average molecular weight is 274 g/mol. The van der Waals surface area contributed by atoms with Gasteiger partial charge in [0.15, 0.2) is 0 Å². The Morgan fingerprint density at radius 2 is 1.76 bits per heavy atom. The van der Waals surface area contributed by atoms with Crippen molar-refractivity contribution in [3.8, 4) is 18.2 Å². The molecule has 4 nitrogen and oxygen atoms in total. The van der Waals surface area contributed by atoms with Crippen molar-refractivity contribution in [2.75, 3.05) is 6.54 Å². The normalized spacial score (nSPS) is 9.67. The smallest absolute Gasteiger partial charge is 0.131 e. The highest BCUT2D eigenvalue weighted by molar-refractivity contribution is 5.45. The molecule has 1 aromatic rings. The number of benzene rings is 1. The molecule has 0 bridgehead atoms. The topological polar surface area (TPSA) is 74.6 Å². The fourth-order valence-electron chi connectivity index (χ4n) is 1.69. The largest absolute Gasteiger partial charge is 0.368 e. The molecule has 0 aliphatic rings. The van der Waals surface area contributed by atoms with Gasteiger partial charge in [-0.3, -0.25) is 0 Å². The maximum atomic E-state index is 9.11. The van der Waals surface area contributed by atoms with Gasteiger partial charge in [0.2, 0.25) is 0 Å². The molecule has 0 fully saturated rings. The first kappa shape index (κ1) is 15.8. The van der Waals surface area contributed by atoms with Crippen molar-refractivity contribution in [1.29, 1.82) is 15.8 Å². The SMILES string of the molecule is C=CCN(/C=C(/C#N)C=C(C#N)C#N)Cc1ccccc1. The molecule has 0 aliphatic heterocycles. The summed E-state index contributed by atoms with van der Waals surface area (Å²) >= 11 is 0. The van der Waals surface area contributed by atoms with E-state index in [-0.39, 0.29) is 11.1 Å². The summed E-state index contributed by atoms with van der Waals surface area (Å²) < 4.78 is 0. The van der Waals surface area contributed by atoms with Crippen molar-refractivity contribution in [2.45, 2.75) is 6.54 Å². The van der Waals surface area contributed by atoms with Crippen LogP contribution in [0.2, 0.25) is 0 Å². The van der Waals surface area contributed by atoms with Crippen LogP contribution in [-0.4, -0.2) is 11.4 Å². The molecule has 0 spiro atoms. The fraction of sp³-hybridized carbons (Fsp3) is 0.118. The molecule has 0 N–H and O–H groups in total. The minimum Gasteiger partial charge on any atom is -0.368 e. The summed E-state index contributed by atoms with van der Waals surface area (Å²) in [5.74, 6) is 0. The van der Waals surface area contributed by atoms with Crippen LogP contribution >= 0.6 is 0 Å². The van der Waals surface area contributed by atoms with Crippen LogP contribution in [0.25, 0.3) is 0 Å². The van der Waals surface area contributed by atoms with Crippen LogP contribution in [0.15, 0.2) is 66.4 Å². The van der Waals surface area contributed by atoms with E-state index in [1.807, 2.05) is 41.3 Å². The van der Waals surface area contributed by atoms with Crippen molar-refractivity contribution in [3.05, 3.63) is 72.0 Å². The van der Waals surface area contributed by atoms with E-state index in [1.54, 1.807) is 24.4 Å². The van der Waals surface area contributed by atoms with Gasteiger partial charge in [-0.1, -0.05) is 36.4 Å². The molecular weight excluding hydrogens is 260 g/mol. The first-order valence-electron chi connectivity index (χ1n) is 6.26. The molecule has 0 aromatic heterocycles. The Hall–Kier alpha value is -3.29. The van der Waals surface area contributed by atoms with Gasteiger partial charge in [0.25, 0.3) is 0 Å². The number of nitrogens with zero attached hydrogens (tertiary/aromatic N) is 4. The Bertz CT molecular complexity index is 647. The quantitative estimate of drug-likeness (QED) is 0.454. The second-order valence-electron chi connectivity index (χ2n) is 4.18. The molecule has 1 rings (SSSR count). The van der Waals surface area contributed by atoms with Gasteiger partial charge in [0.05, 0.1) is 5.57 Å². The molecule has 0 aliphatic carbocycles. The lowest BCUT2D eigenvalue weighted by Gasteiger charge is -2.18. The summed E-state index contributed by atoms with van der Waals surface area (Å²) in [5.41, 5.74) is 1.25. The Kier molecular flexibility index (Phi) is 6.57. The van der Waals surface area contributed by atoms with E-state index < -0.39 is 0 Å². The highest BCUT2D eigenvalue weighted by Gasteiger charge is 2.03. The standard InChI is InChI=1S/C17H14N4/c1-2-8-21(13-15-6-4-3-5-7-15)14-17(12-20)9-16(10-18)11-19/h2-7,9,14H,1,8,13H2/b17-14+. The van der Waals surface area contributed by atoms with Gasteiger partial charge in [-0.2, -0.15) is 15.8 Å². The van der Waals surface area contributed by atoms with E-state index in [9.17, 15) is 0 Å². The molecular formula is C17H14N4. The summed E-state index contributed by atoms with van der Waals surface area (Å²) in [6, 6.07) is 15.3. The first-order valence-corrected chi connectivity index (χ1v) is 6.26. The van der Waals surface area contributed by atoms with Gasteiger partial charge in [0.1, 0.15) is 23.8 Å². The predicted octanol–water partition coefficient (Wildman–Crippen LogP) is 3.06. The zero-order valence-electron chi connectivity index (χ0n) is 11.5. The number of nitriles is 3. The van der Waals surface area contributed by atoms with Crippen molar-refractivity contribution in [2.24, 2.45) is 0 Å². The monoisotopic (exact) mass is 274 g/mol. The van der Waals surface area contributed by atoms with Crippen LogP contribution in [0, 0.1) is 34.0 Å². The second-order valence-corrected chi connectivity index (χ2v) is 4.18. The zero-order valence-corrected chi connectivity index (χ0v) is 11.5. The zero-order chi connectivity index (χ0) is 15.5. The Labute approximate surface area is 124 Å². The Morgan fingerprint density at radius 1 is 1.10 bits per heavy atom. The molecule has 21 heavy (non-hydrogen) atoms. The molecule has 4 heteroatoms. The molecule has 0 radical (unpaired) electrons. The molecule has 0 heterocycles. The number of allylic oxidation sites excluding steroid dienone is 3. The summed E-state index contributed by atoms with van der Waals surface area (Å²) in [4.78, 5) is 1.89. The van der Waals surface area contributed by atoms with Gasteiger partial charge in [-0.25, -0.2) is 0 Å². The van der Waals surface area contributed by atoms with Crippen molar-refractivity contribution in [1.82, 2.24) is 4.90 Å². The second kappa shape index (κ2) is 8.75. The van der Waals surface area contributed by atoms with Crippen LogP contribution in [0.3, 0.4) is 0 Å². The molecule has 0 saturated carbocycles. The van der Waals surface area contributed by atoms with E-state index in [2.05, 4.69) is 6.58 Å². The summed E-state index contributed by atoms with van der Waals surface area (Å²) in [6.07, 6.45) is 4.64. The van der Waals surface area contributed by atoms with Crippen LogP contribution < -0.4 is 0 Å². The number of hydrogen-bond donors (Lipinski definition) is 0. The van der Waals surface area contributed by atoms with E-state index in [0.29, 0.717) is 13.1 Å². The summed E-state index contributed by atoms with van der Waals surface area (Å²) in [6.45, 7) is 4.86. The number of hydrogen-bond acceptors (Lipinski definition) is 4. The molecule has 1 aromatic carbocycles. The van der Waals surface area contributed by atoms with Crippen LogP contribution in [0.4, 0.5) is 0 Å². The molecule has 102 valence electrons. The van der Waals surface area contributed by atoms with Gasteiger partial charge >= 0.3 is 0 Å². The third-order valence-electron chi connectivity index (χ3n) is 2.58. The first-order chi connectivity index (χ1) is 10.2. The average Bonchev–Trinajstić information content (AvgIpc) is 2.52. The number of rotatable bonds is 6. The third kappa shape index (κ3) is 5.47. The highest BCUT2D eigenvalue weighted by atomic mass is 15.1. The minimum absolute atomic E-state index is 0.0962. The summed E-state index contributed by atoms with van der Waals surface area (Å²) in [7, 11) is 0. The van der Waals surface area contributed by atoms with Gasteiger partial charge in [-0.05, 0) is 11.6 Å².